The molecule has 0 spiro atoms. The lowest BCUT2D eigenvalue weighted by Gasteiger charge is -2.12. The van der Waals surface area contributed by atoms with Gasteiger partial charge in [-0.15, -0.1) is 0 Å². The number of hydrogen-bond acceptors (Lipinski definition) is 6. The molecule has 25 heavy (non-hydrogen) atoms. The van der Waals surface area contributed by atoms with Crippen LogP contribution in [0.1, 0.15) is 26.4 Å². The number of phenolic OH excluding ortho intramolecular Hbond substituents is 1. The molecule has 0 unspecified atom stereocenters. The Kier molecular flexibility index (Phi) is 4.80. The number of aromatic hydroxyl groups is 1. The molecule has 0 aliphatic rings. The molecule has 0 saturated carbocycles. The Bertz CT molecular complexity index is 925. The first-order chi connectivity index (χ1) is 12.2. The van der Waals surface area contributed by atoms with E-state index in [2.05, 4.69) is 9.97 Å². The van der Waals surface area contributed by atoms with E-state index < -0.39 is 0 Å². The second-order valence-electron chi connectivity index (χ2n) is 5.19. The molecule has 0 saturated heterocycles. The van der Waals surface area contributed by atoms with Gasteiger partial charge in [0.25, 0.3) is 0 Å². The zero-order valence-electron chi connectivity index (χ0n) is 13.1. The van der Waals surface area contributed by atoms with Crippen molar-refractivity contribution in [3.63, 3.8) is 0 Å². The van der Waals surface area contributed by atoms with Gasteiger partial charge < -0.3 is 9.84 Å². The Labute approximate surface area is 143 Å². The van der Waals surface area contributed by atoms with Gasteiger partial charge in [0.1, 0.15) is 23.8 Å². The third-order valence-corrected chi connectivity index (χ3v) is 3.62. The molecule has 1 N–H and O–H groups in total. The number of benzene rings is 1. The maximum Gasteiger partial charge on any atom is 0.168 e. The predicted octanol–water partition coefficient (Wildman–Crippen LogP) is 3.05. The van der Waals surface area contributed by atoms with Crippen LogP contribution < -0.4 is 4.74 Å². The van der Waals surface area contributed by atoms with E-state index in [1.165, 1.54) is 6.07 Å². The first-order valence-corrected chi connectivity index (χ1v) is 7.48. The molecule has 0 bridgehead atoms. The third kappa shape index (κ3) is 3.53. The van der Waals surface area contributed by atoms with Crippen LogP contribution in [0.2, 0.25) is 0 Å². The number of pyridine rings is 2. The van der Waals surface area contributed by atoms with E-state index in [4.69, 9.17) is 4.74 Å². The lowest BCUT2D eigenvalue weighted by atomic mass is 10.1. The highest BCUT2D eigenvalue weighted by atomic mass is 16.5. The van der Waals surface area contributed by atoms with E-state index in [0.29, 0.717) is 24.0 Å². The summed E-state index contributed by atoms with van der Waals surface area (Å²) in [7, 11) is 0. The van der Waals surface area contributed by atoms with Crippen molar-refractivity contribution in [2.75, 3.05) is 0 Å². The monoisotopic (exact) mass is 334 g/mol. The first-order valence-electron chi connectivity index (χ1n) is 7.48. The first kappa shape index (κ1) is 16.3. The van der Waals surface area contributed by atoms with E-state index in [9.17, 15) is 14.7 Å². The highest BCUT2D eigenvalue weighted by Gasteiger charge is 2.11. The molecular formula is C19H14N2O4. The van der Waals surface area contributed by atoms with Crippen molar-refractivity contribution in [1.82, 2.24) is 9.97 Å². The van der Waals surface area contributed by atoms with E-state index in [-0.39, 0.29) is 23.7 Å². The molecule has 1 aromatic carbocycles. The van der Waals surface area contributed by atoms with Gasteiger partial charge in [-0.1, -0.05) is 12.1 Å². The van der Waals surface area contributed by atoms with Gasteiger partial charge in [-0.2, -0.15) is 0 Å². The number of ether oxygens (including phenoxy) is 1. The topological polar surface area (TPSA) is 89.4 Å². The Hall–Kier alpha value is -3.54. The number of carbonyl (C=O) groups is 2. The van der Waals surface area contributed by atoms with Gasteiger partial charge in [-0.05, 0) is 30.3 Å². The van der Waals surface area contributed by atoms with Crippen molar-refractivity contribution >= 4 is 12.6 Å². The highest BCUT2D eigenvalue weighted by Crippen LogP contribution is 2.28. The van der Waals surface area contributed by atoms with Crippen LogP contribution in [0.3, 0.4) is 0 Å². The molecule has 0 radical (unpaired) electrons. The highest BCUT2D eigenvalue weighted by molar-refractivity contribution is 5.83. The van der Waals surface area contributed by atoms with Crippen LogP contribution in [0.25, 0.3) is 11.3 Å². The zero-order valence-corrected chi connectivity index (χ0v) is 13.1. The van der Waals surface area contributed by atoms with E-state index in [1.807, 2.05) is 0 Å². The van der Waals surface area contributed by atoms with Crippen LogP contribution in [-0.4, -0.2) is 27.6 Å². The van der Waals surface area contributed by atoms with E-state index in [0.717, 1.165) is 11.1 Å². The van der Waals surface area contributed by atoms with Crippen molar-refractivity contribution in [2.45, 2.75) is 6.61 Å². The summed E-state index contributed by atoms with van der Waals surface area (Å²) >= 11 is 0. The van der Waals surface area contributed by atoms with Gasteiger partial charge in [0.05, 0.1) is 11.3 Å². The van der Waals surface area contributed by atoms with Crippen molar-refractivity contribution in [3.8, 4) is 22.8 Å². The summed E-state index contributed by atoms with van der Waals surface area (Å²) in [5.74, 6) is 0.138. The Morgan fingerprint density at radius 2 is 1.88 bits per heavy atom. The normalized spacial score (nSPS) is 10.2. The second kappa shape index (κ2) is 7.35. The summed E-state index contributed by atoms with van der Waals surface area (Å²) in [6.07, 6.45) is 4.49. The molecule has 3 rings (SSSR count). The number of rotatable bonds is 6. The molecule has 0 amide bonds. The van der Waals surface area contributed by atoms with Crippen molar-refractivity contribution in [1.29, 1.82) is 0 Å². The lowest BCUT2D eigenvalue weighted by molar-refractivity contribution is 0.111. The molecule has 2 heterocycles. The SMILES string of the molecule is O=Cc1cccc(-c2ccncc2COc2cccc(O)c2C=O)n1. The zero-order chi connectivity index (χ0) is 17.6. The minimum atomic E-state index is -0.140. The summed E-state index contributed by atoms with van der Waals surface area (Å²) in [4.78, 5) is 30.4. The van der Waals surface area contributed by atoms with Gasteiger partial charge in [0.15, 0.2) is 12.6 Å². The van der Waals surface area contributed by atoms with E-state index in [1.54, 1.807) is 48.8 Å². The quantitative estimate of drug-likeness (QED) is 0.697. The molecule has 0 fully saturated rings. The fraction of sp³-hybridized carbons (Fsp3) is 0.0526. The number of aromatic nitrogens is 2. The van der Waals surface area contributed by atoms with E-state index >= 15 is 0 Å². The minimum Gasteiger partial charge on any atom is -0.507 e. The largest absolute Gasteiger partial charge is 0.507 e. The van der Waals surface area contributed by atoms with Gasteiger partial charge >= 0.3 is 0 Å². The Morgan fingerprint density at radius 3 is 2.68 bits per heavy atom. The van der Waals surface area contributed by atoms with Gasteiger partial charge in [0, 0.05) is 23.5 Å². The third-order valence-electron chi connectivity index (χ3n) is 3.62. The van der Waals surface area contributed by atoms with Gasteiger partial charge in [0.2, 0.25) is 0 Å². The molecule has 6 nitrogen and oxygen atoms in total. The Balaban J connectivity index is 1.91. The molecule has 6 heteroatoms. The second-order valence-corrected chi connectivity index (χ2v) is 5.19. The number of hydrogen-bond donors (Lipinski definition) is 1. The summed E-state index contributed by atoms with van der Waals surface area (Å²) in [6, 6.07) is 11.5. The lowest BCUT2D eigenvalue weighted by Crippen LogP contribution is -2.02. The fourth-order valence-electron chi connectivity index (χ4n) is 2.39. The molecule has 2 aromatic heterocycles. The van der Waals surface area contributed by atoms with Crippen LogP contribution >= 0.6 is 0 Å². The van der Waals surface area contributed by atoms with Crippen molar-refractivity contribution < 1.29 is 19.4 Å². The molecule has 124 valence electrons. The van der Waals surface area contributed by atoms with Gasteiger partial charge in [-0.25, -0.2) is 4.98 Å². The van der Waals surface area contributed by atoms with Crippen LogP contribution in [0, 0.1) is 0 Å². The Morgan fingerprint density at radius 1 is 1.04 bits per heavy atom. The smallest absolute Gasteiger partial charge is 0.168 e. The number of carbonyl (C=O) groups excluding carboxylic acids is 2. The predicted molar refractivity (Wildman–Crippen MR) is 90.7 cm³/mol. The standard InChI is InChI=1S/C19H14N2O4/c22-10-14-3-1-4-17(21-14)15-7-8-20-9-13(15)12-25-19-6-2-5-18(24)16(19)11-23/h1-11,24H,12H2. The summed E-state index contributed by atoms with van der Waals surface area (Å²) in [5, 5.41) is 9.71. The average Bonchev–Trinajstić information content (AvgIpc) is 2.66. The fourth-order valence-corrected chi connectivity index (χ4v) is 2.39. The van der Waals surface area contributed by atoms with Crippen molar-refractivity contribution in [3.05, 3.63) is 71.7 Å². The molecule has 0 aliphatic carbocycles. The minimum absolute atomic E-state index is 0.0917. The number of nitrogens with zero attached hydrogens (tertiary/aromatic N) is 2. The molecular weight excluding hydrogens is 320 g/mol. The van der Waals surface area contributed by atoms with Crippen LogP contribution in [0.15, 0.2) is 54.9 Å². The number of aldehydes is 2. The average molecular weight is 334 g/mol. The summed E-state index contributed by atoms with van der Waals surface area (Å²) < 4.78 is 5.69. The van der Waals surface area contributed by atoms with Crippen LogP contribution in [0.4, 0.5) is 0 Å². The molecule has 0 aliphatic heterocycles. The maximum atomic E-state index is 11.1. The van der Waals surface area contributed by atoms with Crippen LogP contribution in [0.5, 0.6) is 11.5 Å². The van der Waals surface area contributed by atoms with Crippen LogP contribution in [-0.2, 0) is 6.61 Å². The van der Waals surface area contributed by atoms with Gasteiger partial charge in [-0.3, -0.25) is 14.6 Å². The summed E-state index contributed by atoms with van der Waals surface area (Å²) in [6.45, 7) is 0.125. The number of phenols is 1. The maximum absolute atomic E-state index is 11.1. The molecule has 0 atom stereocenters. The van der Waals surface area contributed by atoms with Crippen molar-refractivity contribution in [2.24, 2.45) is 0 Å². The summed E-state index contributed by atoms with van der Waals surface area (Å²) in [5.41, 5.74) is 2.55. The molecule has 3 aromatic rings.